The van der Waals surface area contributed by atoms with Crippen molar-refractivity contribution in [3.63, 3.8) is 0 Å². The van der Waals surface area contributed by atoms with Gasteiger partial charge in [-0.3, -0.25) is 4.79 Å². The minimum Gasteiger partial charge on any atom is -0.385 e. The highest BCUT2D eigenvalue weighted by molar-refractivity contribution is 14.1. The van der Waals surface area contributed by atoms with Gasteiger partial charge in [-0.05, 0) is 29.0 Å². The number of nitrogens with zero attached hydrogens (tertiary/aromatic N) is 1. The predicted molar refractivity (Wildman–Crippen MR) is 62.6 cm³/mol. The molecule has 0 atom stereocenters. The lowest BCUT2D eigenvalue weighted by molar-refractivity contribution is 0.197. The number of methoxy groups -OCH3 is 1. The molecule has 0 aliphatic carbocycles. The minimum absolute atomic E-state index is 0.116. The lowest BCUT2D eigenvalue weighted by atomic mass is 10.4. The third-order valence-corrected chi connectivity index (χ3v) is 2.62. The Morgan fingerprint density at radius 2 is 2.50 bits per heavy atom. The third-order valence-electron chi connectivity index (χ3n) is 1.61. The summed E-state index contributed by atoms with van der Waals surface area (Å²) in [5, 5.41) is 3.07. The summed E-state index contributed by atoms with van der Waals surface area (Å²) in [6, 6.07) is 0. The summed E-state index contributed by atoms with van der Waals surface area (Å²) in [7, 11) is 1.66. The van der Waals surface area contributed by atoms with E-state index in [2.05, 4.69) is 15.3 Å². The van der Waals surface area contributed by atoms with Crippen LogP contribution in [0, 0.1) is 3.57 Å². The molecule has 1 aromatic heterocycles. The molecule has 2 N–H and O–H groups in total. The Bertz CT molecular complexity index is 340. The van der Waals surface area contributed by atoms with E-state index in [-0.39, 0.29) is 5.56 Å². The van der Waals surface area contributed by atoms with E-state index in [1.165, 1.54) is 6.33 Å². The highest BCUT2D eigenvalue weighted by Gasteiger charge is 2.02. The van der Waals surface area contributed by atoms with Crippen molar-refractivity contribution >= 4 is 28.4 Å². The zero-order valence-electron chi connectivity index (χ0n) is 7.84. The normalized spacial score (nSPS) is 10.1. The van der Waals surface area contributed by atoms with E-state index >= 15 is 0 Å². The number of hydrogen-bond donors (Lipinski definition) is 2. The Hall–Kier alpha value is -0.630. The molecule has 0 aliphatic heterocycles. The van der Waals surface area contributed by atoms with Gasteiger partial charge in [0.25, 0.3) is 5.56 Å². The van der Waals surface area contributed by atoms with E-state index < -0.39 is 0 Å². The molecule has 1 rings (SSSR count). The fourth-order valence-electron chi connectivity index (χ4n) is 0.930. The molecule has 14 heavy (non-hydrogen) atoms. The molecule has 0 aromatic carbocycles. The number of halogens is 1. The molecule has 0 unspecified atom stereocenters. The van der Waals surface area contributed by atoms with Gasteiger partial charge in [0.05, 0.1) is 6.33 Å². The quantitative estimate of drug-likeness (QED) is 0.624. The van der Waals surface area contributed by atoms with E-state index in [0.29, 0.717) is 16.0 Å². The van der Waals surface area contributed by atoms with Gasteiger partial charge >= 0.3 is 0 Å². The van der Waals surface area contributed by atoms with Crippen LogP contribution in [0.3, 0.4) is 0 Å². The second-order valence-electron chi connectivity index (χ2n) is 2.67. The minimum atomic E-state index is -0.116. The lowest BCUT2D eigenvalue weighted by Gasteiger charge is -2.05. The number of rotatable bonds is 5. The van der Waals surface area contributed by atoms with E-state index in [1.807, 2.05) is 22.6 Å². The molecule has 5 nitrogen and oxygen atoms in total. The smallest absolute Gasteiger partial charge is 0.266 e. The fourth-order valence-corrected chi connectivity index (χ4v) is 1.42. The largest absolute Gasteiger partial charge is 0.385 e. The maximum atomic E-state index is 11.2. The van der Waals surface area contributed by atoms with Crippen LogP contribution in [0.1, 0.15) is 6.42 Å². The number of anilines is 1. The van der Waals surface area contributed by atoms with Crippen LogP contribution in [0.25, 0.3) is 0 Å². The molecule has 0 radical (unpaired) electrons. The molecule has 0 spiro atoms. The second kappa shape index (κ2) is 5.97. The molecule has 0 bridgehead atoms. The van der Waals surface area contributed by atoms with Gasteiger partial charge in [0.1, 0.15) is 9.39 Å². The molecule has 0 saturated heterocycles. The standard InChI is InChI=1S/C8H12IN3O2/c1-14-4-2-3-10-7-6(9)8(13)12-5-11-7/h5H,2-4H2,1H3,(H2,10,11,12,13). The molecule has 0 saturated carbocycles. The first kappa shape index (κ1) is 11.4. The molecule has 0 aliphatic rings. The van der Waals surface area contributed by atoms with Crippen LogP contribution in [0.2, 0.25) is 0 Å². The van der Waals surface area contributed by atoms with Gasteiger partial charge in [0.15, 0.2) is 0 Å². The van der Waals surface area contributed by atoms with Crippen molar-refractivity contribution < 1.29 is 4.74 Å². The van der Waals surface area contributed by atoms with E-state index in [1.54, 1.807) is 7.11 Å². The van der Waals surface area contributed by atoms with Crippen molar-refractivity contribution in [2.75, 3.05) is 25.6 Å². The monoisotopic (exact) mass is 309 g/mol. The molecular formula is C8H12IN3O2. The summed E-state index contributed by atoms with van der Waals surface area (Å²) < 4.78 is 5.49. The summed E-state index contributed by atoms with van der Waals surface area (Å²) in [6.45, 7) is 1.45. The first-order chi connectivity index (χ1) is 6.75. The highest BCUT2D eigenvalue weighted by atomic mass is 127. The first-order valence-electron chi connectivity index (χ1n) is 4.21. The van der Waals surface area contributed by atoms with Crippen LogP contribution in [0.5, 0.6) is 0 Å². The van der Waals surface area contributed by atoms with E-state index in [4.69, 9.17) is 4.74 Å². The topological polar surface area (TPSA) is 67.0 Å². The van der Waals surface area contributed by atoms with Gasteiger partial charge in [-0.2, -0.15) is 0 Å². The van der Waals surface area contributed by atoms with E-state index in [0.717, 1.165) is 13.0 Å². The molecule has 0 amide bonds. The summed E-state index contributed by atoms with van der Waals surface area (Å²) in [5.74, 6) is 0.630. The Balaban J connectivity index is 2.51. The van der Waals surface area contributed by atoms with Crippen molar-refractivity contribution in [2.45, 2.75) is 6.42 Å². The molecule has 1 aromatic rings. The Morgan fingerprint density at radius 1 is 1.71 bits per heavy atom. The maximum absolute atomic E-state index is 11.2. The molecule has 1 heterocycles. The zero-order chi connectivity index (χ0) is 10.4. The number of ether oxygens (including phenoxy) is 1. The Kier molecular flexibility index (Phi) is 4.88. The van der Waals surface area contributed by atoms with Crippen LogP contribution in [0.15, 0.2) is 11.1 Å². The van der Waals surface area contributed by atoms with Gasteiger partial charge in [-0.25, -0.2) is 4.98 Å². The van der Waals surface area contributed by atoms with Crippen molar-refractivity contribution in [1.29, 1.82) is 0 Å². The highest BCUT2D eigenvalue weighted by Crippen LogP contribution is 2.07. The average molecular weight is 309 g/mol. The van der Waals surface area contributed by atoms with Gasteiger partial charge in [-0.1, -0.05) is 0 Å². The van der Waals surface area contributed by atoms with Crippen molar-refractivity contribution in [1.82, 2.24) is 9.97 Å². The first-order valence-corrected chi connectivity index (χ1v) is 5.29. The van der Waals surface area contributed by atoms with Crippen molar-refractivity contribution in [3.8, 4) is 0 Å². The lowest BCUT2D eigenvalue weighted by Crippen LogP contribution is -2.15. The van der Waals surface area contributed by atoms with E-state index in [9.17, 15) is 4.79 Å². The summed E-state index contributed by atoms with van der Waals surface area (Å²) in [6.07, 6.45) is 2.28. The van der Waals surface area contributed by atoms with Gasteiger partial charge in [0, 0.05) is 20.3 Å². The second-order valence-corrected chi connectivity index (χ2v) is 3.75. The molecule has 0 fully saturated rings. The van der Waals surface area contributed by atoms with Crippen LogP contribution in [0.4, 0.5) is 5.82 Å². The molecular weight excluding hydrogens is 297 g/mol. The number of nitrogens with one attached hydrogen (secondary N) is 2. The van der Waals surface area contributed by atoms with Crippen molar-refractivity contribution in [2.24, 2.45) is 0 Å². The zero-order valence-corrected chi connectivity index (χ0v) is 10.00. The summed E-state index contributed by atoms with van der Waals surface area (Å²) >= 11 is 1.97. The van der Waals surface area contributed by atoms with Crippen molar-refractivity contribution in [3.05, 3.63) is 20.3 Å². The molecule has 78 valence electrons. The van der Waals surface area contributed by atoms with Crippen LogP contribution >= 0.6 is 22.6 Å². The molecule has 6 heteroatoms. The Morgan fingerprint density at radius 3 is 3.21 bits per heavy atom. The summed E-state index contributed by atoms with van der Waals surface area (Å²) in [5.41, 5.74) is -0.116. The predicted octanol–water partition coefficient (Wildman–Crippen LogP) is 0.823. The van der Waals surface area contributed by atoms with Crippen LogP contribution in [-0.4, -0.2) is 30.2 Å². The van der Waals surface area contributed by atoms with Crippen LogP contribution < -0.4 is 10.9 Å². The van der Waals surface area contributed by atoms with Crippen LogP contribution in [-0.2, 0) is 4.74 Å². The number of hydrogen-bond acceptors (Lipinski definition) is 4. The SMILES string of the molecule is COCCCNc1nc[nH]c(=O)c1I. The van der Waals surface area contributed by atoms with Gasteiger partial charge in [-0.15, -0.1) is 0 Å². The fraction of sp³-hybridized carbons (Fsp3) is 0.500. The van der Waals surface area contributed by atoms with Gasteiger partial charge in [0.2, 0.25) is 0 Å². The Labute approximate surface area is 95.4 Å². The van der Waals surface area contributed by atoms with Gasteiger partial charge < -0.3 is 15.0 Å². The average Bonchev–Trinajstić information content (AvgIpc) is 2.19. The number of aromatic nitrogens is 2. The number of H-pyrrole nitrogens is 1. The summed E-state index contributed by atoms with van der Waals surface area (Å²) in [4.78, 5) is 17.7. The third kappa shape index (κ3) is 3.26. The number of aromatic amines is 1. The maximum Gasteiger partial charge on any atom is 0.266 e.